The van der Waals surface area contributed by atoms with E-state index >= 15 is 0 Å². The molecule has 0 fully saturated rings. The average Bonchev–Trinajstić information content (AvgIpc) is 3.11. The van der Waals surface area contributed by atoms with Crippen molar-refractivity contribution in [3.63, 3.8) is 0 Å². The van der Waals surface area contributed by atoms with E-state index in [-0.39, 0.29) is 12.1 Å². The zero-order chi connectivity index (χ0) is 16.1. The van der Waals surface area contributed by atoms with Crippen molar-refractivity contribution in [2.45, 2.75) is 32.4 Å². The number of carbonyl (C=O) groups is 1. The van der Waals surface area contributed by atoms with Crippen molar-refractivity contribution in [3.05, 3.63) is 66.7 Å². The molecule has 1 heterocycles. The van der Waals surface area contributed by atoms with Crippen molar-refractivity contribution in [1.29, 1.82) is 0 Å². The van der Waals surface area contributed by atoms with E-state index in [9.17, 15) is 4.79 Å². The zero-order valence-electron chi connectivity index (χ0n) is 13.2. The molecule has 0 aliphatic carbocycles. The topological polar surface area (TPSA) is 44.1 Å². The van der Waals surface area contributed by atoms with Crippen molar-refractivity contribution in [3.8, 4) is 0 Å². The van der Waals surface area contributed by atoms with Crippen LogP contribution in [0, 0.1) is 0 Å². The van der Waals surface area contributed by atoms with Gasteiger partial charge in [-0.3, -0.25) is 4.79 Å². The molecule has 4 heteroatoms. The normalized spacial score (nSPS) is 12.2. The lowest BCUT2D eigenvalue weighted by Gasteiger charge is -2.19. The summed E-state index contributed by atoms with van der Waals surface area (Å²) in [6, 6.07) is 14.4. The van der Waals surface area contributed by atoms with Crippen LogP contribution >= 0.6 is 0 Å². The lowest BCUT2D eigenvalue weighted by atomic mass is 10.0. The summed E-state index contributed by atoms with van der Waals surface area (Å²) in [5.74, 6) is -0.172. The van der Waals surface area contributed by atoms with Crippen LogP contribution in [0.4, 0.5) is 0 Å². The van der Waals surface area contributed by atoms with Gasteiger partial charge in [-0.05, 0) is 22.4 Å². The zero-order valence-corrected chi connectivity index (χ0v) is 13.2. The van der Waals surface area contributed by atoms with Gasteiger partial charge in [0, 0.05) is 31.8 Å². The van der Waals surface area contributed by atoms with Gasteiger partial charge >= 0.3 is 5.97 Å². The van der Waals surface area contributed by atoms with Gasteiger partial charge in [0.15, 0.2) is 0 Å². The molecule has 3 rings (SSSR count). The molecule has 4 nitrogen and oxygen atoms in total. The van der Waals surface area contributed by atoms with E-state index in [2.05, 4.69) is 29.2 Å². The summed E-state index contributed by atoms with van der Waals surface area (Å²) in [4.78, 5) is 15.8. The number of hydrogen-bond acceptors (Lipinski definition) is 3. The maximum Gasteiger partial charge on any atom is 0.306 e. The van der Waals surface area contributed by atoms with Crippen molar-refractivity contribution in [2.75, 3.05) is 0 Å². The van der Waals surface area contributed by atoms with Crippen LogP contribution < -0.4 is 0 Å². The lowest BCUT2D eigenvalue weighted by Crippen LogP contribution is -2.13. The Labute approximate surface area is 135 Å². The van der Waals surface area contributed by atoms with E-state index in [1.807, 2.05) is 35.9 Å². The summed E-state index contributed by atoms with van der Waals surface area (Å²) in [6.07, 6.45) is 6.31. The van der Waals surface area contributed by atoms with E-state index in [0.717, 1.165) is 23.9 Å². The number of imidazole rings is 1. The number of fused-ring (bicyclic) bond motifs is 1. The second kappa shape index (κ2) is 7.09. The lowest BCUT2D eigenvalue weighted by molar-refractivity contribution is -0.149. The fourth-order valence-corrected chi connectivity index (χ4v) is 2.63. The number of aryl methyl sites for hydroxylation is 1. The van der Waals surface area contributed by atoms with Gasteiger partial charge < -0.3 is 9.30 Å². The molecular weight excluding hydrogens is 288 g/mol. The average molecular weight is 308 g/mol. The Balaban J connectivity index is 1.83. The molecule has 0 N–H and O–H groups in total. The monoisotopic (exact) mass is 308 g/mol. The van der Waals surface area contributed by atoms with Gasteiger partial charge in [0.05, 0.1) is 6.33 Å². The molecule has 118 valence electrons. The van der Waals surface area contributed by atoms with Gasteiger partial charge in [-0.25, -0.2) is 4.98 Å². The van der Waals surface area contributed by atoms with E-state index < -0.39 is 0 Å². The Morgan fingerprint density at radius 3 is 2.78 bits per heavy atom. The Morgan fingerprint density at radius 2 is 2.04 bits per heavy atom. The molecule has 23 heavy (non-hydrogen) atoms. The molecular formula is C19H20N2O2. The molecule has 0 radical (unpaired) electrons. The fraction of sp³-hybridized carbons (Fsp3) is 0.263. The number of esters is 1. The van der Waals surface area contributed by atoms with Gasteiger partial charge in [0.1, 0.15) is 6.10 Å². The summed E-state index contributed by atoms with van der Waals surface area (Å²) in [7, 11) is 0. The maximum absolute atomic E-state index is 11.8. The van der Waals surface area contributed by atoms with Gasteiger partial charge in [-0.1, -0.05) is 43.3 Å². The summed E-state index contributed by atoms with van der Waals surface area (Å²) in [5, 5.41) is 2.34. The first-order chi connectivity index (χ1) is 11.3. The SMILES string of the molecule is CCC(=O)OC(CCn1ccnc1)c1ccc2ccccc2c1. The molecule has 0 aliphatic heterocycles. The van der Waals surface area contributed by atoms with Crippen LogP contribution in [0.1, 0.15) is 31.4 Å². The smallest absolute Gasteiger partial charge is 0.306 e. The molecule has 3 aromatic rings. The van der Waals surface area contributed by atoms with Crippen LogP contribution in [0.3, 0.4) is 0 Å². The minimum Gasteiger partial charge on any atom is -0.457 e. The summed E-state index contributed by atoms with van der Waals surface area (Å²) in [6.45, 7) is 2.57. The Kier molecular flexibility index (Phi) is 4.71. The van der Waals surface area contributed by atoms with Crippen molar-refractivity contribution >= 4 is 16.7 Å². The molecule has 1 aromatic heterocycles. The molecule has 0 spiro atoms. The molecule has 0 saturated heterocycles. The number of rotatable bonds is 6. The van der Waals surface area contributed by atoms with Gasteiger partial charge in [0.2, 0.25) is 0 Å². The minimum absolute atomic E-state index is 0.172. The number of carbonyl (C=O) groups excluding carboxylic acids is 1. The van der Waals surface area contributed by atoms with Gasteiger partial charge in [0.25, 0.3) is 0 Å². The van der Waals surface area contributed by atoms with E-state index in [0.29, 0.717) is 6.42 Å². The number of aromatic nitrogens is 2. The van der Waals surface area contributed by atoms with E-state index in [1.54, 1.807) is 12.5 Å². The number of nitrogens with zero attached hydrogens (tertiary/aromatic N) is 2. The molecule has 0 bridgehead atoms. The largest absolute Gasteiger partial charge is 0.457 e. The predicted octanol–water partition coefficient (Wildman–Crippen LogP) is 4.12. The van der Waals surface area contributed by atoms with Crippen LogP contribution in [0.5, 0.6) is 0 Å². The molecule has 1 atom stereocenters. The van der Waals surface area contributed by atoms with Gasteiger partial charge in [-0.2, -0.15) is 0 Å². The summed E-state index contributed by atoms with van der Waals surface area (Å²) < 4.78 is 7.65. The van der Waals surface area contributed by atoms with Gasteiger partial charge in [-0.15, -0.1) is 0 Å². The fourth-order valence-electron chi connectivity index (χ4n) is 2.63. The third-order valence-corrected chi connectivity index (χ3v) is 3.92. The van der Waals surface area contributed by atoms with E-state index in [4.69, 9.17) is 4.74 Å². The first-order valence-electron chi connectivity index (χ1n) is 7.90. The molecule has 2 aromatic carbocycles. The third-order valence-electron chi connectivity index (χ3n) is 3.92. The summed E-state index contributed by atoms with van der Waals surface area (Å²) >= 11 is 0. The highest BCUT2D eigenvalue weighted by Gasteiger charge is 2.16. The van der Waals surface area contributed by atoms with Crippen LogP contribution in [0.15, 0.2) is 61.2 Å². The quantitative estimate of drug-likeness (QED) is 0.643. The van der Waals surface area contributed by atoms with Crippen LogP contribution in [0.25, 0.3) is 10.8 Å². The molecule has 0 saturated carbocycles. The number of benzene rings is 2. The summed E-state index contributed by atoms with van der Waals surface area (Å²) in [5.41, 5.74) is 1.03. The predicted molar refractivity (Wildman–Crippen MR) is 89.9 cm³/mol. The highest BCUT2D eigenvalue weighted by Crippen LogP contribution is 2.26. The Morgan fingerprint density at radius 1 is 1.22 bits per heavy atom. The Hall–Kier alpha value is -2.62. The van der Waals surface area contributed by atoms with Crippen LogP contribution in [0.2, 0.25) is 0 Å². The number of hydrogen-bond donors (Lipinski definition) is 0. The first-order valence-corrected chi connectivity index (χ1v) is 7.90. The van der Waals surface area contributed by atoms with Crippen molar-refractivity contribution in [2.24, 2.45) is 0 Å². The van der Waals surface area contributed by atoms with E-state index in [1.165, 1.54) is 5.39 Å². The Bertz CT molecular complexity index is 781. The molecule has 0 aliphatic rings. The highest BCUT2D eigenvalue weighted by atomic mass is 16.5. The standard InChI is InChI=1S/C19H20N2O2/c1-2-19(22)23-18(9-11-21-12-10-20-14-21)17-8-7-15-5-3-4-6-16(15)13-17/h3-8,10,12-14,18H,2,9,11H2,1H3. The maximum atomic E-state index is 11.8. The minimum atomic E-state index is -0.241. The van der Waals surface area contributed by atoms with Crippen LogP contribution in [-0.4, -0.2) is 15.5 Å². The van der Waals surface area contributed by atoms with Crippen molar-refractivity contribution in [1.82, 2.24) is 9.55 Å². The van der Waals surface area contributed by atoms with Crippen LogP contribution in [-0.2, 0) is 16.1 Å². The molecule has 1 unspecified atom stereocenters. The second-order valence-electron chi connectivity index (χ2n) is 5.53. The third kappa shape index (κ3) is 3.77. The van der Waals surface area contributed by atoms with Crippen molar-refractivity contribution < 1.29 is 9.53 Å². The second-order valence-corrected chi connectivity index (χ2v) is 5.53. The number of ether oxygens (including phenoxy) is 1. The first kappa shape index (κ1) is 15.3. The highest BCUT2D eigenvalue weighted by molar-refractivity contribution is 5.83. The molecule has 0 amide bonds.